The van der Waals surface area contributed by atoms with Gasteiger partial charge in [-0.1, -0.05) is 12.1 Å². The number of imidazole rings is 1. The van der Waals surface area contributed by atoms with Gasteiger partial charge in [-0.05, 0) is 62.5 Å². The number of rotatable bonds is 8. The molecular formula is C27H31FN6O2. The molecule has 188 valence electrons. The summed E-state index contributed by atoms with van der Waals surface area (Å²) < 4.78 is 20.4. The lowest BCUT2D eigenvalue weighted by Gasteiger charge is -2.45. The first-order chi connectivity index (χ1) is 17.6. The van der Waals surface area contributed by atoms with Crippen LogP contribution < -0.4 is 16.2 Å². The first-order valence-electron chi connectivity index (χ1n) is 12.7. The Bertz CT molecular complexity index is 1420. The van der Waals surface area contributed by atoms with E-state index in [9.17, 15) is 4.79 Å². The Labute approximate surface area is 208 Å². The molecule has 0 unspecified atom stereocenters. The summed E-state index contributed by atoms with van der Waals surface area (Å²) in [5, 5.41) is 7.45. The number of pyridine rings is 1. The predicted molar refractivity (Wildman–Crippen MR) is 141 cm³/mol. The van der Waals surface area contributed by atoms with Gasteiger partial charge >= 0.3 is 0 Å². The largest absolute Gasteiger partial charge is 0.385 e. The number of aromatic nitrogens is 3. The van der Waals surface area contributed by atoms with Gasteiger partial charge in [0.05, 0.1) is 27.9 Å². The first kappa shape index (κ1) is 23.0. The van der Waals surface area contributed by atoms with E-state index in [1.54, 1.807) is 13.2 Å². The molecular weight excluding hydrogens is 459 g/mol. The fourth-order valence-electron chi connectivity index (χ4n) is 5.65. The van der Waals surface area contributed by atoms with E-state index in [2.05, 4.69) is 25.5 Å². The maximum Gasteiger partial charge on any atom is 0.261 e. The number of hydrogen-bond donors (Lipinski definition) is 4. The summed E-state index contributed by atoms with van der Waals surface area (Å²) in [5.74, 6) is 0.643. The normalized spacial score (nSPS) is 21.3. The molecule has 3 aliphatic heterocycles. The van der Waals surface area contributed by atoms with E-state index < -0.39 is 0 Å². The second kappa shape index (κ2) is 9.55. The minimum atomic E-state index is -0.362. The third-order valence-electron chi connectivity index (χ3n) is 7.55. The monoisotopic (exact) mass is 490 g/mol. The number of halogens is 1. The Hall–Kier alpha value is -3.43. The van der Waals surface area contributed by atoms with Crippen LogP contribution in [-0.4, -0.2) is 65.8 Å². The van der Waals surface area contributed by atoms with E-state index in [1.807, 2.05) is 24.3 Å². The number of fused-ring (bicyclic) bond motifs is 5. The van der Waals surface area contributed by atoms with Gasteiger partial charge < -0.3 is 30.2 Å². The predicted octanol–water partition coefficient (Wildman–Crippen LogP) is 4.17. The molecule has 4 N–H and O–H groups in total. The molecule has 0 radical (unpaired) electrons. The standard InChI is InChI=1S/C27H31FN6O2/c1-36-12-4-9-29-22-14-21-17(13-18(22)28)25(30-23-15-34-10-7-16(23)8-11-34)24(27(35)33-21)26-31-19-5-2-3-6-20(19)32-26/h2-3,5-6,13-14,16,23,29H,4,7-12,15H2,1H3,(H,31,32)(H2,30,33,35)/t23-/m0/s1. The second-order valence-corrected chi connectivity index (χ2v) is 9.85. The molecule has 1 atom stereocenters. The van der Waals surface area contributed by atoms with Gasteiger partial charge in [0.25, 0.3) is 5.56 Å². The van der Waals surface area contributed by atoms with Gasteiger partial charge in [-0.3, -0.25) is 4.79 Å². The Kier molecular flexibility index (Phi) is 6.10. The Balaban J connectivity index is 1.47. The number of anilines is 2. The summed E-state index contributed by atoms with van der Waals surface area (Å²) >= 11 is 0. The van der Waals surface area contributed by atoms with Crippen molar-refractivity contribution in [2.24, 2.45) is 5.92 Å². The van der Waals surface area contributed by atoms with Crippen LogP contribution in [0.2, 0.25) is 0 Å². The van der Waals surface area contributed by atoms with Gasteiger partial charge in [0.15, 0.2) is 0 Å². The quantitative estimate of drug-likeness (QED) is 0.277. The number of benzene rings is 2. The van der Waals surface area contributed by atoms with Crippen LogP contribution in [0.1, 0.15) is 19.3 Å². The van der Waals surface area contributed by atoms with Crippen LogP contribution in [0.5, 0.6) is 0 Å². The minimum absolute atomic E-state index is 0.190. The molecule has 0 aliphatic carbocycles. The smallest absolute Gasteiger partial charge is 0.261 e. The number of H-pyrrole nitrogens is 2. The summed E-state index contributed by atoms with van der Waals surface area (Å²) in [6.45, 7) is 4.31. The highest BCUT2D eigenvalue weighted by atomic mass is 19.1. The van der Waals surface area contributed by atoms with Gasteiger partial charge in [-0.25, -0.2) is 9.37 Å². The Morgan fingerprint density at radius 2 is 2.00 bits per heavy atom. The number of hydrogen-bond acceptors (Lipinski definition) is 6. The van der Waals surface area contributed by atoms with E-state index >= 15 is 4.39 Å². The van der Waals surface area contributed by atoms with E-state index in [0.29, 0.717) is 52.7 Å². The maximum atomic E-state index is 15.3. The van der Waals surface area contributed by atoms with E-state index in [0.717, 1.165) is 49.9 Å². The lowest BCUT2D eigenvalue weighted by molar-refractivity contribution is 0.0976. The highest BCUT2D eigenvalue weighted by Crippen LogP contribution is 2.37. The number of piperidine rings is 3. The third-order valence-corrected chi connectivity index (χ3v) is 7.55. The SMILES string of the molecule is COCCCNc1cc2[nH]c(=O)c(-c3nc4ccccc4[nH]3)c(N[C@H]3CN4CCC3CC4)c2cc1F. The molecule has 36 heavy (non-hydrogen) atoms. The highest BCUT2D eigenvalue weighted by Gasteiger charge is 2.35. The summed E-state index contributed by atoms with van der Waals surface area (Å²) in [4.78, 5) is 27.0. The number of methoxy groups -OCH3 is 1. The highest BCUT2D eigenvalue weighted by molar-refractivity contribution is 6.00. The number of para-hydroxylation sites is 2. The van der Waals surface area contributed by atoms with Crippen molar-refractivity contribution in [2.45, 2.75) is 25.3 Å². The van der Waals surface area contributed by atoms with E-state index in [-0.39, 0.29) is 17.4 Å². The molecule has 5 heterocycles. The van der Waals surface area contributed by atoms with Crippen molar-refractivity contribution in [3.63, 3.8) is 0 Å². The van der Waals surface area contributed by atoms with Crippen molar-refractivity contribution in [3.8, 4) is 11.4 Å². The van der Waals surface area contributed by atoms with Crippen molar-refractivity contribution in [3.05, 3.63) is 52.6 Å². The summed E-state index contributed by atoms with van der Waals surface area (Å²) in [7, 11) is 1.64. The zero-order chi connectivity index (χ0) is 24.6. The van der Waals surface area contributed by atoms with Crippen LogP contribution >= 0.6 is 0 Å². The summed E-state index contributed by atoms with van der Waals surface area (Å²) in [6.07, 6.45) is 3.01. The molecule has 9 heteroatoms. The molecule has 3 fully saturated rings. The van der Waals surface area contributed by atoms with Crippen molar-refractivity contribution in [1.29, 1.82) is 0 Å². The summed E-state index contributed by atoms with van der Waals surface area (Å²) in [6, 6.07) is 11.1. The summed E-state index contributed by atoms with van der Waals surface area (Å²) in [5.41, 5.74) is 3.36. The van der Waals surface area contributed by atoms with Crippen molar-refractivity contribution >= 4 is 33.3 Å². The zero-order valence-corrected chi connectivity index (χ0v) is 20.4. The van der Waals surface area contributed by atoms with Crippen LogP contribution in [-0.2, 0) is 4.74 Å². The number of aromatic amines is 2. The molecule has 7 rings (SSSR count). The lowest BCUT2D eigenvalue weighted by Crippen LogP contribution is -2.53. The van der Waals surface area contributed by atoms with Gasteiger partial charge in [0.2, 0.25) is 0 Å². The fraction of sp³-hybridized carbons (Fsp3) is 0.407. The molecule has 2 aromatic heterocycles. The van der Waals surface area contributed by atoms with Crippen molar-refractivity contribution in [1.82, 2.24) is 19.9 Å². The molecule has 0 saturated carbocycles. The van der Waals surface area contributed by atoms with Crippen LogP contribution in [0.3, 0.4) is 0 Å². The average Bonchev–Trinajstić information content (AvgIpc) is 3.32. The molecule has 3 saturated heterocycles. The molecule has 4 aromatic rings. The second-order valence-electron chi connectivity index (χ2n) is 9.85. The first-order valence-corrected chi connectivity index (χ1v) is 12.7. The van der Waals surface area contributed by atoms with Gasteiger partial charge in [-0.2, -0.15) is 0 Å². The lowest BCUT2D eigenvalue weighted by atomic mass is 9.83. The Morgan fingerprint density at radius 3 is 2.75 bits per heavy atom. The number of ether oxygens (including phenoxy) is 1. The topological polar surface area (TPSA) is 98.1 Å². The van der Waals surface area contributed by atoms with Crippen molar-refractivity contribution in [2.75, 3.05) is 50.5 Å². The van der Waals surface area contributed by atoms with E-state index in [4.69, 9.17) is 9.72 Å². The van der Waals surface area contributed by atoms with Crippen LogP contribution in [0.4, 0.5) is 15.8 Å². The number of nitrogens with zero attached hydrogens (tertiary/aromatic N) is 2. The molecule has 8 nitrogen and oxygen atoms in total. The van der Waals surface area contributed by atoms with Crippen molar-refractivity contribution < 1.29 is 9.13 Å². The Morgan fingerprint density at radius 1 is 1.17 bits per heavy atom. The molecule has 0 spiro atoms. The van der Waals surface area contributed by atoms with Crippen LogP contribution in [0, 0.1) is 11.7 Å². The molecule has 2 bridgehead atoms. The maximum absolute atomic E-state index is 15.3. The van der Waals surface area contributed by atoms with E-state index in [1.165, 1.54) is 6.07 Å². The van der Waals surface area contributed by atoms with Gasteiger partial charge in [-0.15, -0.1) is 0 Å². The number of nitrogens with one attached hydrogen (secondary N) is 4. The zero-order valence-electron chi connectivity index (χ0n) is 20.4. The molecule has 2 aromatic carbocycles. The average molecular weight is 491 g/mol. The molecule has 0 amide bonds. The third kappa shape index (κ3) is 4.22. The van der Waals surface area contributed by atoms with Gasteiger partial charge in [0, 0.05) is 38.2 Å². The van der Waals surface area contributed by atoms with Gasteiger partial charge in [0.1, 0.15) is 17.2 Å². The fourth-order valence-corrected chi connectivity index (χ4v) is 5.65. The molecule has 3 aliphatic rings. The minimum Gasteiger partial charge on any atom is -0.385 e. The van der Waals surface area contributed by atoms with Crippen LogP contribution in [0.25, 0.3) is 33.3 Å². The van der Waals surface area contributed by atoms with Crippen LogP contribution in [0.15, 0.2) is 41.2 Å².